The van der Waals surface area contributed by atoms with Crippen LogP contribution in [0.3, 0.4) is 0 Å². The Balaban J connectivity index is 1.18. The average molecular weight is 343 g/mol. The summed E-state index contributed by atoms with van der Waals surface area (Å²) in [4.78, 5) is 14.1. The van der Waals surface area contributed by atoms with Crippen LogP contribution in [0.25, 0.3) is 0 Å². The van der Waals surface area contributed by atoms with Crippen LogP contribution >= 0.6 is 11.8 Å². The first-order valence-corrected chi connectivity index (χ1v) is 9.88. The lowest BCUT2D eigenvalue weighted by molar-refractivity contribution is -0.146. The summed E-state index contributed by atoms with van der Waals surface area (Å²) in [5.41, 5.74) is 0. The smallest absolute Gasteiger partial charge is 0.225 e. The highest BCUT2D eigenvalue weighted by molar-refractivity contribution is 8.01. The van der Waals surface area contributed by atoms with Crippen LogP contribution in [0.2, 0.25) is 0 Å². The molecule has 4 aliphatic rings. The maximum absolute atomic E-state index is 12.9. The van der Waals surface area contributed by atoms with E-state index in [0.717, 1.165) is 57.9 Å². The number of rotatable bonds is 4. The quantitative estimate of drug-likeness (QED) is 0.785. The van der Waals surface area contributed by atoms with Gasteiger partial charge in [0.1, 0.15) is 6.17 Å². The van der Waals surface area contributed by atoms with Crippen molar-refractivity contribution >= 4 is 17.7 Å². The maximum Gasteiger partial charge on any atom is 0.225 e. The standard InChI is InChI=1S/C17H26FNO3S/c18-14-5-13(6-14)16(20)19-10-17(11-19)7-15(9-23-17)22-8-12-1-3-21-4-2-12/h12-15H,1-11H2/t13?,14?,15-/m1/s1. The number of nitrogens with zero attached hydrogens (tertiary/aromatic N) is 1. The number of alkyl halides is 1. The lowest BCUT2D eigenvalue weighted by Crippen LogP contribution is -2.62. The van der Waals surface area contributed by atoms with Crippen LogP contribution in [0, 0.1) is 11.8 Å². The van der Waals surface area contributed by atoms with E-state index in [0.29, 0.717) is 24.9 Å². The lowest BCUT2D eigenvalue weighted by atomic mass is 9.80. The minimum atomic E-state index is -0.747. The van der Waals surface area contributed by atoms with E-state index in [2.05, 4.69) is 0 Å². The van der Waals surface area contributed by atoms with Gasteiger partial charge in [-0.05, 0) is 38.0 Å². The number of carbonyl (C=O) groups is 1. The fourth-order valence-electron chi connectivity index (χ4n) is 4.13. The highest BCUT2D eigenvalue weighted by Crippen LogP contribution is 2.47. The van der Waals surface area contributed by atoms with Gasteiger partial charge in [0.2, 0.25) is 5.91 Å². The second-order valence-electron chi connectivity index (χ2n) is 7.67. The predicted octanol–water partition coefficient (Wildman–Crippen LogP) is 2.26. The molecule has 4 rings (SSSR count). The molecular weight excluding hydrogens is 317 g/mol. The Morgan fingerprint density at radius 2 is 2.04 bits per heavy atom. The number of thioether (sulfide) groups is 1. The molecule has 130 valence electrons. The van der Waals surface area contributed by atoms with Gasteiger partial charge in [0.25, 0.3) is 0 Å². The molecule has 0 unspecified atom stereocenters. The number of hydrogen-bond donors (Lipinski definition) is 0. The Kier molecular flexibility index (Phi) is 4.58. The van der Waals surface area contributed by atoms with E-state index < -0.39 is 6.17 Å². The van der Waals surface area contributed by atoms with Crippen molar-refractivity contribution in [3.05, 3.63) is 0 Å². The zero-order chi connectivity index (χ0) is 15.9. The molecule has 0 aromatic carbocycles. The van der Waals surface area contributed by atoms with E-state index in [1.165, 1.54) is 0 Å². The van der Waals surface area contributed by atoms with Crippen LogP contribution in [0.15, 0.2) is 0 Å². The van der Waals surface area contributed by atoms with Gasteiger partial charge in [-0.3, -0.25) is 4.79 Å². The summed E-state index contributed by atoms with van der Waals surface area (Å²) in [6, 6.07) is 0. The third-order valence-corrected chi connectivity index (χ3v) is 7.36. The van der Waals surface area contributed by atoms with Crippen molar-refractivity contribution in [1.29, 1.82) is 0 Å². The summed E-state index contributed by atoms with van der Waals surface area (Å²) >= 11 is 1.97. The maximum atomic E-state index is 12.9. The second-order valence-corrected chi connectivity index (χ2v) is 9.16. The van der Waals surface area contributed by atoms with E-state index in [1.807, 2.05) is 16.7 Å². The molecule has 0 bridgehead atoms. The Morgan fingerprint density at radius 3 is 2.74 bits per heavy atom. The van der Waals surface area contributed by atoms with Crippen LogP contribution in [0.5, 0.6) is 0 Å². The molecule has 3 saturated heterocycles. The van der Waals surface area contributed by atoms with E-state index in [4.69, 9.17) is 9.47 Å². The summed E-state index contributed by atoms with van der Waals surface area (Å²) in [7, 11) is 0. The zero-order valence-corrected chi connectivity index (χ0v) is 14.4. The van der Waals surface area contributed by atoms with Crippen LogP contribution in [-0.4, -0.2) is 66.5 Å². The van der Waals surface area contributed by atoms with Crippen LogP contribution < -0.4 is 0 Å². The number of hydrogen-bond acceptors (Lipinski definition) is 4. The largest absolute Gasteiger partial charge is 0.381 e. The van der Waals surface area contributed by atoms with E-state index >= 15 is 0 Å². The summed E-state index contributed by atoms with van der Waals surface area (Å²) < 4.78 is 24.6. The zero-order valence-electron chi connectivity index (χ0n) is 13.5. The Hall–Kier alpha value is -0.330. The molecule has 0 aromatic heterocycles. The number of carbonyl (C=O) groups excluding carboxylic acids is 1. The number of likely N-dealkylation sites (tertiary alicyclic amines) is 1. The number of ether oxygens (including phenoxy) is 2. The Labute approximate surface area is 141 Å². The Morgan fingerprint density at radius 1 is 1.30 bits per heavy atom. The Bertz CT molecular complexity index is 445. The normalized spacial score (nSPS) is 36.7. The predicted molar refractivity (Wildman–Crippen MR) is 87.3 cm³/mol. The van der Waals surface area contributed by atoms with Crippen LogP contribution in [0.1, 0.15) is 32.1 Å². The van der Waals surface area contributed by atoms with Crippen molar-refractivity contribution in [2.45, 2.75) is 49.1 Å². The number of amides is 1. The van der Waals surface area contributed by atoms with Gasteiger partial charge < -0.3 is 14.4 Å². The molecule has 0 N–H and O–H groups in total. The van der Waals surface area contributed by atoms with Crippen LogP contribution in [0.4, 0.5) is 4.39 Å². The molecule has 1 spiro atoms. The van der Waals surface area contributed by atoms with Crippen molar-refractivity contribution in [2.75, 3.05) is 38.7 Å². The number of halogens is 1. The minimum Gasteiger partial charge on any atom is -0.381 e. The van der Waals surface area contributed by atoms with Gasteiger partial charge in [-0.1, -0.05) is 0 Å². The molecule has 4 fully saturated rings. The molecule has 4 nitrogen and oxygen atoms in total. The van der Waals surface area contributed by atoms with E-state index in [1.54, 1.807) is 0 Å². The first-order chi connectivity index (χ1) is 11.1. The highest BCUT2D eigenvalue weighted by atomic mass is 32.2. The lowest BCUT2D eigenvalue weighted by Gasteiger charge is -2.49. The molecule has 23 heavy (non-hydrogen) atoms. The third-order valence-electron chi connectivity index (χ3n) is 5.78. The second kappa shape index (κ2) is 6.52. The van der Waals surface area contributed by atoms with Crippen molar-refractivity contribution < 1.29 is 18.7 Å². The minimum absolute atomic E-state index is 0.0469. The summed E-state index contributed by atoms with van der Waals surface area (Å²) in [5, 5.41) is 0. The third kappa shape index (κ3) is 3.40. The van der Waals surface area contributed by atoms with Gasteiger partial charge in [0.15, 0.2) is 0 Å². The first-order valence-electron chi connectivity index (χ1n) is 8.90. The highest BCUT2D eigenvalue weighted by Gasteiger charge is 2.52. The van der Waals surface area contributed by atoms with E-state index in [9.17, 15) is 9.18 Å². The van der Waals surface area contributed by atoms with Crippen molar-refractivity contribution in [3.63, 3.8) is 0 Å². The average Bonchev–Trinajstić information content (AvgIpc) is 2.93. The molecule has 0 aromatic rings. The topological polar surface area (TPSA) is 38.8 Å². The van der Waals surface area contributed by atoms with Gasteiger partial charge in [-0.25, -0.2) is 4.39 Å². The fourth-order valence-corrected chi connectivity index (χ4v) is 5.68. The van der Waals surface area contributed by atoms with Crippen LogP contribution in [-0.2, 0) is 14.3 Å². The van der Waals surface area contributed by atoms with Crippen molar-refractivity contribution in [1.82, 2.24) is 4.90 Å². The molecule has 1 saturated carbocycles. The fraction of sp³-hybridized carbons (Fsp3) is 0.941. The van der Waals surface area contributed by atoms with Gasteiger partial charge in [-0.2, -0.15) is 0 Å². The summed E-state index contributed by atoms with van der Waals surface area (Å²) in [6.07, 6.45) is 3.75. The molecule has 0 radical (unpaired) electrons. The molecule has 1 aliphatic carbocycles. The summed E-state index contributed by atoms with van der Waals surface area (Å²) in [6.45, 7) is 4.26. The van der Waals surface area contributed by atoms with Gasteiger partial charge >= 0.3 is 0 Å². The van der Waals surface area contributed by atoms with Crippen molar-refractivity contribution in [2.24, 2.45) is 11.8 Å². The molecule has 6 heteroatoms. The van der Waals surface area contributed by atoms with Gasteiger partial charge in [0.05, 0.1) is 10.9 Å². The molecule has 3 aliphatic heterocycles. The monoisotopic (exact) mass is 343 g/mol. The first kappa shape index (κ1) is 16.2. The molecule has 1 atom stereocenters. The van der Waals surface area contributed by atoms with E-state index in [-0.39, 0.29) is 16.6 Å². The van der Waals surface area contributed by atoms with Crippen molar-refractivity contribution in [3.8, 4) is 0 Å². The van der Waals surface area contributed by atoms with Gasteiger partial charge in [0, 0.05) is 44.6 Å². The molecule has 1 amide bonds. The molecule has 3 heterocycles. The van der Waals surface area contributed by atoms with Gasteiger partial charge in [-0.15, -0.1) is 11.8 Å². The molecular formula is C17H26FNO3S. The summed E-state index contributed by atoms with van der Waals surface area (Å²) in [5.74, 6) is 1.82. The SMILES string of the molecule is O=C(C1CC(F)C1)N1CC2(C[C@@H](OCC3CCOCC3)CS2)C1.